The van der Waals surface area contributed by atoms with E-state index in [1.807, 2.05) is 0 Å². The van der Waals surface area contributed by atoms with Crippen LogP contribution in [-0.4, -0.2) is 29.6 Å². The number of esters is 1. The van der Waals surface area contributed by atoms with Crippen LogP contribution in [0.5, 0.6) is 11.5 Å². The molecule has 1 aliphatic rings. The van der Waals surface area contributed by atoms with Crippen LogP contribution in [0.3, 0.4) is 0 Å². The Morgan fingerprint density at radius 1 is 1.37 bits per heavy atom. The summed E-state index contributed by atoms with van der Waals surface area (Å²) in [6.07, 6.45) is 1.47. The van der Waals surface area contributed by atoms with Crippen molar-refractivity contribution >= 4 is 23.5 Å². The number of ether oxygens (including phenoxy) is 2. The van der Waals surface area contributed by atoms with E-state index in [0.29, 0.717) is 17.5 Å². The predicted molar refractivity (Wildman–Crippen MR) is 63.0 cm³/mol. The SMILES string of the molecule is O=C(O)/C=C/C(=O)Oc1ccc2c(c1)OCC(=O)N2. The van der Waals surface area contributed by atoms with Gasteiger partial charge < -0.3 is 19.9 Å². The van der Waals surface area contributed by atoms with Gasteiger partial charge in [-0.15, -0.1) is 0 Å². The number of carbonyl (C=O) groups is 3. The summed E-state index contributed by atoms with van der Waals surface area (Å²) < 4.78 is 10.0. The second kappa shape index (κ2) is 5.21. The van der Waals surface area contributed by atoms with Gasteiger partial charge in [-0.2, -0.15) is 0 Å². The van der Waals surface area contributed by atoms with Crippen molar-refractivity contribution < 1.29 is 29.0 Å². The predicted octanol–water partition coefficient (Wildman–Crippen LogP) is 0.564. The molecule has 0 saturated heterocycles. The molecule has 0 fully saturated rings. The molecule has 19 heavy (non-hydrogen) atoms. The number of carboxylic acids is 1. The van der Waals surface area contributed by atoms with Crippen molar-refractivity contribution in [3.05, 3.63) is 30.4 Å². The largest absolute Gasteiger partial charge is 0.481 e. The second-order valence-corrected chi connectivity index (χ2v) is 3.59. The highest BCUT2D eigenvalue weighted by molar-refractivity contribution is 5.95. The molecule has 2 N–H and O–H groups in total. The zero-order valence-electron chi connectivity index (χ0n) is 9.58. The van der Waals surface area contributed by atoms with Gasteiger partial charge in [-0.05, 0) is 12.1 Å². The molecule has 1 heterocycles. The molecule has 0 aromatic heterocycles. The summed E-state index contributed by atoms with van der Waals surface area (Å²) in [6, 6.07) is 4.41. The van der Waals surface area contributed by atoms with Crippen molar-refractivity contribution in [3.8, 4) is 11.5 Å². The van der Waals surface area contributed by atoms with Gasteiger partial charge in [0, 0.05) is 18.2 Å². The first-order chi connectivity index (χ1) is 9.04. The molecular weight excluding hydrogens is 254 g/mol. The summed E-state index contributed by atoms with van der Waals surface area (Å²) in [5.74, 6) is -1.75. The molecule has 2 rings (SSSR count). The van der Waals surface area contributed by atoms with Gasteiger partial charge in [-0.25, -0.2) is 9.59 Å². The van der Waals surface area contributed by atoms with E-state index in [1.165, 1.54) is 18.2 Å². The van der Waals surface area contributed by atoms with E-state index >= 15 is 0 Å². The highest BCUT2D eigenvalue weighted by Gasteiger charge is 2.16. The molecule has 0 bridgehead atoms. The normalized spacial score (nSPS) is 13.4. The minimum absolute atomic E-state index is 0.108. The van der Waals surface area contributed by atoms with Gasteiger partial charge in [0.1, 0.15) is 11.5 Å². The fourth-order valence-corrected chi connectivity index (χ4v) is 1.41. The maximum atomic E-state index is 11.3. The number of rotatable bonds is 3. The zero-order valence-corrected chi connectivity index (χ0v) is 9.58. The van der Waals surface area contributed by atoms with Crippen LogP contribution < -0.4 is 14.8 Å². The maximum Gasteiger partial charge on any atom is 0.336 e. The van der Waals surface area contributed by atoms with Crippen molar-refractivity contribution in [1.29, 1.82) is 0 Å². The van der Waals surface area contributed by atoms with Crippen LogP contribution in [0.4, 0.5) is 5.69 Å². The molecule has 0 radical (unpaired) electrons. The first-order valence-electron chi connectivity index (χ1n) is 5.24. The Morgan fingerprint density at radius 3 is 2.89 bits per heavy atom. The molecule has 0 saturated carbocycles. The van der Waals surface area contributed by atoms with Crippen LogP contribution in [0.25, 0.3) is 0 Å². The number of carbonyl (C=O) groups excluding carboxylic acids is 2. The van der Waals surface area contributed by atoms with Gasteiger partial charge in [0.15, 0.2) is 6.61 Å². The highest BCUT2D eigenvalue weighted by Crippen LogP contribution is 2.31. The van der Waals surface area contributed by atoms with E-state index in [0.717, 1.165) is 6.08 Å². The van der Waals surface area contributed by atoms with E-state index in [2.05, 4.69) is 5.32 Å². The van der Waals surface area contributed by atoms with Gasteiger partial charge in [0.25, 0.3) is 5.91 Å². The van der Waals surface area contributed by atoms with Gasteiger partial charge in [-0.1, -0.05) is 0 Å². The standard InChI is InChI=1S/C12H9NO6/c14-10-6-18-9-5-7(1-2-8(9)13-10)19-12(17)4-3-11(15)16/h1-5H,6H2,(H,13,14)(H,15,16)/b4-3+. The third-order valence-corrected chi connectivity index (χ3v) is 2.17. The molecule has 0 spiro atoms. The highest BCUT2D eigenvalue weighted by atomic mass is 16.5. The molecule has 0 atom stereocenters. The zero-order chi connectivity index (χ0) is 13.8. The Labute approximate surface area is 107 Å². The number of fused-ring (bicyclic) bond motifs is 1. The lowest BCUT2D eigenvalue weighted by molar-refractivity contribution is -0.133. The summed E-state index contributed by atoms with van der Waals surface area (Å²) in [7, 11) is 0. The molecule has 0 unspecified atom stereocenters. The number of nitrogens with one attached hydrogen (secondary N) is 1. The molecule has 0 aliphatic carbocycles. The maximum absolute atomic E-state index is 11.3. The molecule has 1 aliphatic heterocycles. The van der Waals surface area contributed by atoms with E-state index in [-0.39, 0.29) is 18.3 Å². The Bertz CT molecular complexity index is 578. The lowest BCUT2D eigenvalue weighted by Gasteiger charge is -2.18. The number of aliphatic carboxylic acids is 1. The van der Waals surface area contributed by atoms with E-state index in [1.54, 1.807) is 0 Å². The fourth-order valence-electron chi connectivity index (χ4n) is 1.41. The van der Waals surface area contributed by atoms with Crippen LogP contribution in [0, 0.1) is 0 Å². The van der Waals surface area contributed by atoms with E-state index in [4.69, 9.17) is 14.6 Å². The number of amides is 1. The number of hydrogen-bond acceptors (Lipinski definition) is 5. The third-order valence-electron chi connectivity index (χ3n) is 2.17. The molecule has 98 valence electrons. The van der Waals surface area contributed by atoms with Gasteiger partial charge in [0.05, 0.1) is 5.69 Å². The Kier molecular flexibility index (Phi) is 3.46. The molecule has 1 amide bonds. The monoisotopic (exact) mass is 263 g/mol. The molecule has 1 aromatic carbocycles. The van der Waals surface area contributed by atoms with Gasteiger partial charge in [-0.3, -0.25) is 4.79 Å². The fraction of sp³-hybridized carbons (Fsp3) is 0.0833. The second-order valence-electron chi connectivity index (χ2n) is 3.59. The van der Waals surface area contributed by atoms with Crippen molar-refractivity contribution in [3.63, 3.8) is 0 Å². The van der Waals surface area contributed by atoms with Crippen molar-refractivity contribution in [2.75, 3.05) is 11.9 Å². The average molecular weight is 263 g/mol. The van der Waals surface area contributed by atoms with Crippen molar-refractivity contribution in [2.45, 2.75) is 0 Å². The summed E-state index contributed by atoms with van der Waals surface area (Å²) in [5.41, 5.74) is 0.483. The van der Waals surface area contributed by atoms with Crippen LogP contribution in [0.1, 0.15) is 0 Å². The molecule has 1 aromatic rings. The molecule has 7 nitrogen and oxygen atoms in total. The number of hydrogen-bond donors (Lipinski definition) is 2. The number of anilines is 1. The lowest BCUT2D eigenvalue weighted by Crippen LogP contribution is -2.25. The minimum atomic E-state index is -1.24. The number of carboxylic acid groups (broad SMARTS) is 1. The van der Waals surface area contributed by atoms with Crippen LogP contribution in [0.2, 0.25) is 0 Å². The Morgan fingerprint density at radius 2 is 2.16 bits per heavy atom. The quantitative estimate of drug-likeness (QED) is 0.469. The van der Waals surface area contributed by atoms with E-state index in [9.17, 15) is 14.4 Å². The van der Waals surface area contributed by atoms with Gasteiger partial charge in [0.2, 0.25) is 0 Å². The average Bonchev–Trinajstić information content (AvgIpc) is 2.36. The third kappa shape index (κ3) is 3.32. The van der Waals surface area contributed by atoms with Crippen molar-refractivity contribution in [2.24, 2.45) is 0 Å². The van der Waals surface area contributed by atoms with Gasteiger partial charge >= 0.3 is 11.9 Å². The minimum Gasteiger partial charge on any atom is -0.481 e. The molecule has 7 heteroatoms. The lowest BCUT2D eigenvalue weighted by atomic mass is 10.2. The smallest absolute Gasteiger partial charge is 0.336 e. The van der Waals surface area contributed by atoms with Crippen molar-refractivity contribution in [1.82, 2.24) is 0 Å². The van der Waals surface area contributed by atoms with Crippen LogP contribution in [0.15, 0.2) is 30.4 Å². The first-order valence-corrected chi connectivity index (χ1v) is 5.24. The summed E-state index contributed by atoms with van der Waals surface area (Å²) in [4.78, 5) is 32.5. The number of benzene rings is 1. The van der Waals surface area contributed by atoms with Crippen LogP contribution >= 0.6 is 0 Å². The molecular formula is C12H9NO6. The summed E-state index contributed by atoms with van der Waals surface area (Å²) >= 11 is 0. The summed E-state index contributed by atoms with van der Waals surface area (Å²) in [6.45, 7) is -0.108. The Hall–Kier alpha value is -2.83. The summed E-state index contributed by atoms with van der Waals surface area (Å²) in [5, 5.41) is 10.9. The topological polar surface area (TPSA) is 102 Å². The first kappa shape index (κ1) is 12.6. The van der Waals surface area contributed by atoms with Crippen LogP contribution in [-0.2, 0) is 14.4 Å². The Balaban J connectivity index is 2.08. The van der Waals surface area contributed by atoms with E-state index < -0.39 is 11.9 Å².